The van der Waals surface area contributed by atoms with Crippen molar-refractivity contribution in [2.45, 2.75) is 44.9 Å². The number of carbonyl (C=O) groups is 1. The third kappa shape index (κ3) is 3.56. The molecule has 0 unspecified atom stereocenters. The van der Waals surface area contributed by atoms with Gasteiger partial charge in [-0.15, -0.1) is 0 Å². The van der Waals surface area contributed by atoms with Crippen LogP contribution in [0.1, 0.15) is 44.9 Å². The summed E-state index contributed by atoms with van der Waals surface area (Å²) in [5.74, 6) is 0.960. The molecule has 1 heterocycles. The Balaban J connectivity index is 1.78. The molecule has 2 aliphatic rings. The first-order chi connectivity index (χ1) is 8.29. The fourth-order valence-corrected chi connectivity index (χ4v) is 2.79. The highest BCUT2D eigenvalue weighted by atomic mass is 16.2. The molecule has 1 saturated heterocycles. The molecule has 0 radical (unpaired) electrons. The zero-order valence-corrected chi connectivity index (χ0v) is 10.7. The Morgan fingerprint density at radius 2 is 2.12 bits per heavy atom. The average molecular weight is 236 g/mol. The lowest BCUT2D eigenvalue weighted by atomic mass is 9.94. The van der Waals surface area contributed by atoms with Gasteiger partial charge in [0.05, 0.1) is 0 Å². The van der Waals surface area contributed by atoms with Crippen molar-refractivity contribution in [3.63, 3.8) is 0 Å². The predicted octanol–water partition coefficient (Wildman–Crippen LogP) is 2.07. The first kappa shape index (κ1) is 12.6. The zero-order chi connectivity index (χ0) is 12.1. The van der Waals surface area contributed by atoms with E-state index in [1.54, 1.807) is 0 Å². The fourth-order valence-electron chi connectivity index (χ4n) is 2.79. The van der Waals surface area contributed by atoms with Crippen LogP contribution in [-0.4, -0.2) is 30.4 Å². The van der Waals surface area contributed by atoms with Gasteiger partial charge in [0.2, 0.25) is 5.91 Å². The minimum absolute atomic E-state index is 0.327. The smallest absolute Gasteiger partial charge is 0.226 e. The molecule has 3 heteroatoms. The molecular formula is C14H24N2O. The summed E-state index contributed by atoms with van der Waals surface area (Å²) in [6, 6.07) is 0. The highest BCUT2D eigenvalue weighted by Crippen LogP contribution is 2.22. The van der Waals surface area contributed by atoms with Crippen LogP contribution in [0.15, 0.2) is 11.6 Å². The van der Waals surface area contributed by atoms with Crippen molar-refractivity contribution < 1.29 is 4.79 Å². The van der Waals surface area contributed by atoms with Crippen molar-refractivity contribution in [3.8, 4) is 0 Å². The number of nitrogens with zero attached hydrogens (tertiary/aromatic N) is 1. The van der Waals surface area contributed by atoms with Crippen LogP contribution in [0.2, 0.25) is 0 Å². The molecule has 1 aliphatic heterocycles. The molecular weight excluding hydrogens is 212 g/mol. The molecule has 1 amide bonds. The van der Waals surface area contributed by atoms with Crippen molar-refractivity contribution in [2.75, 3.05) is 19.6 Å². The molecule has 0 bridgehead atoms. The Kier molecular flexibility index (Phi) is 4.60. The molecule has 17 heavy (non-hydrogen) atoms. The van der Waals surface area contributed by atoms with Crippen LogP contribution in [0.25, 0.3) is 0 Å². The van der Waals surface area contributed by atoms with Crippen LogP contribution < -0.4 is 5.73 Å². The Hall–Kier alpha value is -0.830. The van der Waals surface area contributed by atoms with Crippen LogP contribution in [0.5, 0.6) is 0 Å². The van der Waals surface area contributed by atoms with E-state index in [2.05, 4.69) is 6.08 Å². The standard InChI is InChI=1S/C14H24N2O/c15-11-13-6-8-16(9-7-13)14(17)10-12-4-2-1-3-5-12/h4,13H,1-3,5-11,15H2. The second-order valence-electron chi connectivity index (χ2n) is 5.34. The maximum absolute atomic E-state index is 12.1. The molecule has 3 nitrogen and oxygen atoms in total. The van der Waals surface area contributed by atoms with Crippen molar-refractivity contribution in [2.24, 2.45) is 11.7 Å². The first-order valence-corrected chi connectivity index (χ1v) is 6.95. The summed E-state index contributed by atoms with van der Waals surface area (Å²) in [6.45, 7) is 2.59. The van der Waals surface area contributed by atoms with E-state index in [4.69, 9.17) is 5.73 Å². The number of carbonyl (C=O) groups excluding carboxylic acids is 1. The maximum atomic E-state index is 12.1. The normalized spacial score (nSPS) is 22.4. The summed E-state index contributed by atoms with van der Waals surface area (Å²) in [5, 5.41) is 0. The van der Waals surface area contributed by atoms with Gasteiger partial charge in [0.25, 0.3) is 0 Å². The van der Waals surface area contributed by atoms with E-state index in [0.29, 0.717) is 18.2 Å². The number of allylic oxidation sites excluding steroid dienone is 1. The third-order valence-corrected chi connectivity index (χ3v) is 4.06. The van der Waals surface area contributed by atoms with E-state index in [9.17, 15) is 4.79 Å². The number of hydrogen-bond acceptors (Lipinski definition) is 2. The Morgan fingerprint density at radius 3 is 2.71 bits per heavy atom. The molecule has 1 aliphatic carbocycles. The van der Waals surface area contributed by atoms with Gasteiger partial charge in [0.15, 0.2) is 0 Å². The highest BCUT2D eigenvalue weighted by Gasteiger charge is 2.22. The van der Waals surface area contributed by atoms with E-state index in [1.807, 2.05) is 4.90 Å². The van der Waals surface area contributed by atoms with E-state index < -0.39 is 0 Å². The first-order valence-electron chi connectivity index (χ1n) is 6.95. The summed E-state index contributed by atoms with van der Waals surface area (Å²) in [5.41, 5.74) is 7.02. The van der Waals surface area contributed by atoms with Crippen molar-refractivity contribution >= 4 is 5.91 Å². The molecule has 0 aromatic carbocycles. The number of amides is 1. The molecule has 0 aromatic heterocycles. The molecule has 2 rings (SSSR count). The van der Waals surface area contributed by atoms with E-state index in [-0.39, 0.29) is 0 Å². The summed E-state index contributed by atoms with van der Waals surface area (Å²) in [4.78, 5) is 14.1. The second-order valence-corrected chi connectivity index (χ2v) is 5.34. The molecule has 0 aromatic rings. The van der Waals surface area contributed by atoms with Gasteiger partial charge in [-0.2, -0.15) is 0 Å². The number of nitrogens with two attached hydrogens (primary N) is 1. The van der Waals surface area contributed by atoms with Crippen LogP contribution in [-0.2, 0) is 4.79 Å². The third-order valence-electron chi connectivity index (χ3n) is 4.06. The van der Waals surface area contributed by atoms with E-state index >= 15 is 0 Å². The van der Waals surface area contributed by atoms with Crippen LogP contribution in [0, 0.1) is 5.92 Å². The van der Waals surface area contributed by atoms with Crippen molar-refractivity contribution in [3.05, 3.63) is 11.6 Å². The number of hydrogen-bond donors (Lipinski definition) is 1. The Morgan fingerprint density at radius 1 is 1.35 bits per heavy atom. The Labute approximate surface area is 104 Å². The molecule has 0 saturated carbocycles. The summed E-state index contributed by atoms with van der Waals surface area (Å²) in [7, 11) is 0. The zero-order valence-electron chi connectivity index (χ0n) is 10.7. The average Bonchev–Trinajstić information content (AvgIpc) is 2.40. The van der Waals surface area contributed by atoms with Gasteiger partial charge >= 0.3 is 0 Å². The van der Waals surface area contributed by atoms with Crippen LogP contribution in [0.4, 0.5) is 0 Å². The topological polar surface area (TPSA) is 46.3 Å². The highest BCUT2D eigenvalue weighted by molar-refractivity contribution is 5.78. The van der Waals surface area contributed by atoms with Gasteiger partial charge in [-0.3, -0.25) is 4.79 Å². The lowest BCUT2D eigenvalue weighted by molar-refractivity contribution is -0.131. The number of rotatable bonds is 3. The van der Waals surface area contributed by atoms with E-state index in [0.717, 1.165) is 45.3 Å². The SMILES string of the molecule is NCC1CCN(C(=O)CC2=CCCCC2)CC1. The summed E-state index contributed by atoms with van der Waals surface area (Å²) < 4.78 is 0. The molecule has 96 valence electrons. The number of piperidine rings is 1. The fraction of sp³-hybridized carbons (Fsp3) is 0.786. The molecule has 0 spiro atoms. The second kappa shape index (κ2) is 6.20. The quantitative estimate of drug-likeness (QED) is 0.763. The van der Waals surface area contributed by atoms with Crippen molar-refractivity contribution in [1.29, 1.82) is 0 Å². The molecule has 0 atom stereocenters. The van der Waals surface area contributed by atoms with Crippen molar-refractivity contribution in [1.82, 2.24) is 4.90 Å². The maximum Gasteiger partial charge on any atom is 0.226 e. The van der Waals surface area contributed by atoms with Crippen LogP contribution in [0.3, 0.4) is 0 Å². The summed E-state index contributed by atoms with van der Waals surface area (Å²) >= 11 is 0. The van der Waals surface area contributed by atoms with Gasteiger partial charge < -0.3 is 10.6 Å². The summed E-state index contributed by atoms with van der Waals surface area (Å²) in [6.07, 6.45) is 9.95. The Bertz CT molecular complexity index is 291. The lowest BCUT2D eigenvalue weighted by Crippen LogP contribution is -2.40. The molecule has 2 N–H and O–H groups in total. The number of likely N-dealkylation sites (tertiary alicyclic amines) is 1. The minimum atomic E-state index is 0.327. The lowest BCUT2D eigenvalue weighted by Gasteiger charge is -2.32. The van der Waals surface area contributed by atoms with E-state index in [1.165, 1.54) is 18.4 Å². The van der Waals surface area contributed by atoms with Gasteiger partial charge in [0.1, 0.15) is 0 Å². The molecule has 1 fully saturated rings. The monoisotopic (exact) mass is 236 g/mol. The predicted molar refractivity (Wildman–Crippen MR) is 69.5 cm³/mol. The van der Waals surface area contributed by atoms with Gasteiger partial charge in [-0.25, -0.2) is 0 Å². The minimum Gasteiger partial charge on any atom is -0.342 e. The largest absolute Gasteiger partial charge is 0.342 e. The van der Waals surface area contributed by atoms with Gasteiger partial charge in [-0.05, 0) is 51.0 Å². The van der Waals surface area contributed by atoms with Crippen LogP contribution >= 0.6 is 0 Å². The van der Waals surface area contributed by atoms with Gasteiger partial charge in [-0.1, -0.05) is 11.6 Å². The van der Waals surface area contributed by atoms with Gasteiger partial charge in [0, 0.05) is 19.5 Å².